The molecule has 39 heavy (non-hydrogen) atoms. The lowest BCUT2D eigenvalue weighted by molar-refractivity contribution is -0.127. The standard InChI is InChI=1S/C31H35N3O5/c1-39-31(38)34-27-15-14-24(18-26(27)30(36)37)23-8-5-9-25(17-23)28(16-20-6-3-2-4-7-20)33-29(35)22-12-10-21(19-32)11-13-22/h2-9,14-15,17-18,21-22,28H,10-13,16,19,32H2,1H3,(H,33,35)(H,34,38)(H,36,37). The third-order valence-corrected chi connectivity index (χ3v) is 7.44. The normalized spacial score (nSPS) is 17.6. The number of carbonyl (C=O) groups excluding carboxylic acids is 2. The van der Waals surface area contributed by atoms with E-state index in [4.69, 9.17) is 5.73 Å². The number of hydrogen-bond donors (Lipinski definition) is 4. The summed E-state index contributed by atoms with van der Waals surface area (Å²) in [5.41, 5.74) is 9.43. The molecule has 204 valence electrons. The highest BCUT2D eigenvalue weighted by Crippen LogP contribution is 2.31. The number of carboxylic acid groups (broad SMARTS) is 1. The number of aromatic carboxylic acids is 1. The van der Waals surface area contributed by atoms with E-state index in [1.165, 1.54) is 13.2 Å². The summed E-state index contributed by atoms with van der Waals surface area (Å²) in [4.78, 5) is 36.9. The molecule has 3 aromatic carbocycles. The van der Waals surface area contributed by atoms with Crippen molar-refractivity contribution in [1.29, 1.82) is 0 Å². The van der Waals surface area contributed by atoms with Crippen LogP contribution in [-0.2, 0) is 16.0 Å². The van der Waals surface area contributed by atoms with Crippen LogP contribution in [0.15, 0.2) is 72.8 Å². The van der Waals surface area contributed by atoms with Crippen LogP contribution < -0.4 is 16.4 Å². The average molecular weight is 530 g/mol. The van der Waals surface area contributed by atoms with E-state index in [2.05, 4.69) is 15.4 Å². The lowest BCUT2D eigenvalue weighted by atomic mass is 9.81. The molecule has 0 bridgehead atoms. The summed E-state index contributed by atoms with van der Waals surface area (Å²) >= 11 is 0. The van der Waals surface area contributed by atoms with Crippen LogP contribution in [0.4, 0.5) is 10.5 Å². The van der Waals surface area contributed by atoms with Gasteiger partial charge in [-0.2, -0.15) is 0 Å². The number of methoxy groups -OCH3 is 1. The largest absolute Gasteiger partial charge is 0.478 e. The summed E-state index contributed by atoms with van der Waals surface area (Å²) in [5, 5.41) is 15.5. The molecule has 1 saturated carbocycles. The minimum Gasteiger partial charge on any atom is -0.478 e. The minimum absolute atomic E-state index is 0.0257. The van der Waals surface area contributed by atoms with Crippen molar-refractivity contribution in [3.05, 3.63) is 89.5 Å². The van der Waals surface area contributed by atoms with Crippen LogP contribution >= 0.6 is 0 Å². The van der Waals surface area contributed by atoms with Gasteiger partial charge in [0.15, 0.2) is 0 Å². The van der Waals surface area contributed by atoms with Gasteiger partial charge in [-0.1, -0.05) is 54.6 Å². The highest BCUT2D eigenvalue weighted by molar-refractivity contribution is 6.00. The lowest BCUT2D eigenvalue weighted by Gasteiger charge is -2.29. The first-order chi connectivity index (χ1) is 18.9. The van der Waals surface area contributed by atoms with Crippen LogP contribution in [0.2, 0.25) is 0 Å². The second-order valence-electron chi connectivity index (χ2n) is 10.0. The van der Waals surface area contributed by atoms with Crippen LogP contribution in [0.3, 0.4) is 0 Å². The van der Waals surface area contributed by atoms with Crippen LogP contribution in [0.5, 0.6) is 0 Å². The van der Waals surface area contributed by atoms with Crippen molar-refractivity contribution in [1.82, 2.24) is 5.32 Å². The molecule has 8 nitrogen and oxygen atoms in total. The van der Waals surface area contributed by atoms with Crippen molar-refractivity contribution >= 4 is 23.7 Å². The van der Waals surface area contributed by atoms with Gasteiger partial charge in [0.2, 0.25) is 5.91 Å². The van der Waals surface area contributed by atoms with Crippen molar-refractivity contribution in [2.75, 3.05) is 19.0 Å². The lowest BCUT2D eigenvalue weighted by Crippen LogP contribution is -2.37. The average Bonchev–Trinajstić information content (AvgIpc) is 2.97. The summed E-state index contributed by atoms with van der Waals surface area (Å²) in [6, 6.07) is 22.3. The number of rotatable bonds is 9. The van der Waals surface area contributed by atoms with Crippen molar-refractivity contribution in [3.63, 3.8) is 0 Å². The molecule has 0 saturated heterocycles. The van der Waals surface area contributed by atoms with Gasteiger partial charge in [-0.3, -0.25) is 10.1 Å². The van der Waals surface area contributed by atoms with Gasteiger partial charge in [0.1, 0.15) is 0 Å². The number of nitrogens with one attached hydrogen (secondary N) is 2. The molecule has 0 radical (unpaired) electrons. The predicted octanol–water partition coefficient (Wildman–Crippen LogP) is 5.40. The smallest absolute Gasteiger partial charge is 0.411 e. The Kier molecular flexibility index (Phi) is 9.33. The summed E-state index contributed by atoms with van der Waals surface area (Å²) in [6.45, 7) is 0.668. The molecule has 1 aliphatic carbocycles. The summed E-state index contributed by atoms with van der Waals surface area (Å²) < 4.78 is 4.60. The molecule has 4 rings (SSSR count). The van der Waals surface area contributed by atoms with Gasteiger partial charge in [0.25, 0.3) is 0 Å². The van der Waals surface area contributed by atoms with E-state index >= 15 is 0 Å². The number of anilines is 1. The highest BCUT2D eigenvalue weighted by Gasteiger charge is 2.27. The topological polar surface area (TPSA) is 131 Å². The summed E-state index contributed by atoms with van der Waals surface area (Å²) in [7, 11) is 1.21. The Morgan fingerprint density at radius 2 is 1.67 bits per heavy atom. The number of benzene rings is 3. The zero-order valence-electron chi connectivity index (χ0n) is 22.1. The quantitative estimate of drug-likeness (QED) is 0.294. The van der Waals surface area contributed by atoms with Gasteiger partial charge < -0.3 is 20.9 Å². The maximum Gasteiger partial charge on any atom is 0.411 e. The van der Waals surface area contributed by atoms with Gasteiger partial charge >= 0.3 is 12.1 Å². The molecule has 1 fully saturated rings. The Hall–Kier alpha value is -4.17. The van der Waals surface area contributed by atoms with Gasteiger partial charge in [0, 0.05) is 5.92 Å². The summed E-state index contributed by atoms with van der Waals surface area (Å²) in [5.74, 6) is -0.640. The van der Waals surface area contributed by atoms with Crippen molar-refractivity contribution in [2.45, 2.75) is 38.1 Å². The van der Waals surface area contributed by atoms with Gasteiger partial charge in [-0.15, -0.1) is 0 Å². The van der Waals surface area contributed by atoms with E-state index in [1.54, 1.807) is 12.1 Å². The fraction of sp³-hybridized carbons (Fsp3) is 0.323. The second kappa shape index (κ2) is 13.1. The number of nitrogens with two attached hydrogens (primary N) is 1. The van der Waals surface area contributed by atoms with E-state index in [-0.39, 0.29) is 29.1 Å². The molecule has 0 heterocycles. The summed E-state index contributed by atoms with van der Waals surface area (Å²) in [6.07, 6.45) is 3.51. The van der Waals surface area contributed by atoms with Crippen molar-refractivity contribution in [3.8, 4) is 11.1 Å². The Morgan fingerprint density at radius 3 is 2.33 bits per heavy atom. The second-order valence-corrected chi connectivity index (χ2v) is 10.0. The zero-order chi connectivity index (χ0) is 27.8. The number of hydrogen-bond acceptors (Lipinski definition) is 5. The molecule has 1 aliphatic rings. The Labute approximate surface area is 228 Å². The Morgan fingerprint density at radius 1 is 0.949 bits per heavy atom. The van der Waals surface area contributed by atoms with Gasteiger partial charge in [-0.25, -0.2) is 9.59 Å². The van der Waals surface area contributed by atoms with Crippen LogP contribution in [0.1, 0.15) is 53.2 Å². The van der Waals surface area contributed by atoms with E-state index in [0.717, 1.165) is 42.4 Å². The molecule has 0 aliphatic heterocycles. The van der Waals surface area contributed by atoms with Crippen molar-refractivity contribution < 1.29 is 24.2 Å². The predicted molar refractivity (Wildman–Crippen MR) is 150 cm³/mol. The Bertz CT molecular complexity index is 1300. The third kappa shape index (κ3) is 7.23. The van der Waals surface area contributed by atoms with Crippen molar-refractivity contribution in [2.24, 2.45) is 17.6 Å². The SMILES string of the molecule is COC(=O)Nc1ccc(-c2cccc(C(Cc3ccccc3)NC(=O)C3CCC(CN)CC3)c2)cc1C(=O)O. The first-order valence-corrected chi connectivity index (χ1v) is 13.2. The Balaban J connectivity index is 1.61. The highest BCUT2D eigenvalue weighted by atomic mass is 16.5. The number of ether oxygens (including phenoxy) is 1. The molecule has 1 atom stereocenters. The first kappa shape index (κ1) is 27.9. The fourth-order valence-corrected chi connectivity index (χ4v) is 5.16. The molecule has 3 aromatic rings. The van der Waals surface area contributed by atoms with E-state index in [1.807, 2.05) is 54.6 Å². The van der Waals surface area contributed by atoms with Crippen LogP contribution in [0.25, 0.3) is 11.1 Å². The monoisotopic (exact) mass is 529 g/mol. The van der Waals surface area contributed by atoms with E-state index < -0.39 is 12.1 Å². The number of amides is 2. The van der Waals surface area contributed by atoms with Gasteiger partial charge in [-0.05, 0) is 85.0 Å². The molecule has 2 amide bonds. The molecule has 0 aromatic heterocycles. The molecule has 0 spiro atoms. The minimum atomic E-state index is -1.17. The molecule has 5 N–H and O–H groups in total. The van der Waals surface area contributed by atoms with E-state index in [9.17, 15) is 19.5 Å². The third-order valence-electron chi connectivity index (χ3n) is 7.44. The fourth-order valence-electron chi connectivity index (χ4n) is 5.16. The molecular formula is C31H35N3O5. The maximum atomic E-state index is 13.3. The van der Waals surface area contributed by atoms with Gasteiger partial charge in [0.05, 0.1) is 24.4 Å². The molecular weight excluding hydrogens is 494 g/mol. The number of carbonyl (C=O) groups is 3. The number of carboxylic acids is 1. The zero-order valence-corrected chi connectivity index (χ0v) is 22.1. The first-order valence-electron chi connectivity index (χ1n) is 13.2. The molecule has 8 heteroatoms. The van der Waals surface area contributed by atoms with Crippen LogP contribution in [-0.4, -0.2) is 36.7 Å². The van der Waals surface area contributed by atoms with E-state index in [0.29, 0.717) is 24.4 Å². The molecule has 1 unspecified atom stereocenters. The maximum absolute atomic E-state index is 13.3. The van der Waals surface area contributed by atoms with Crippen LogP contribution in [0, 0.1) is 11.8 Å².